The summed E-state index contributed by atoms with van der Waals surface area (Å²) in [5, 5.41) is 0. The van der Waals surface area contributed by atoms with Gasteiger partial charge in [-0.15, -0.1) is 0 Å². The molecular weight excluding hydrogens is 348 g/mol. The number of likely N-dealkylation sites (N-methyl/N-ethyl adjacent to an activating group) is 2. The maximum absolute atomic E-state index is 12.8. The lowest BCUT2D eigenvalue weighted by Crippen LogP contribution is -2.41. The molecule has 0 N–H and O–H groups in total. The van der Waals surface area contributed by atoms with Crippen molar-refractivity contribution in [2.24, 2.45) is 0 Å². The second kappa shape index (κ2) is 7.60. The molecule has 3 rings (SSSR count). The Balaban J connectivity index is 1.74. The maximum Gasteiger partial charge on any atom is 0.243 e. The van der Waals surface area contributed by atoms with Gasteiger partial charge >= 0.3 is 0 Å². The molecular formula is C20H24N2O3S. The highest BCUT2D eigenvalue weighted by molar-refractivity contribution is 7.89. The van der Waals surface area contributed by atoms with Gasteiger partial charge in [0.25, 0.3) is 0 Å². The molecule has 0 aliphatic heterocycles. The molecule has 0 radical (unpaired) electrons. The van der Waals surface area contributed by atoms with E-state index in [0.29, 0.717) is 0 Å². The van der Waals surface area contributed by atoms with Crippen LogP contribution in [0.3, 0.4) is 0 Å². The minimum Gasteiger partial charge on any atom is -0.338 e. The van der Waals surface area contributed by atoms with E-state index >= 15 is 0 Å². The smallest absolute Gasteiger partial charge is 0.243 e. The van der Waals surface area contributed by atoms with E-state index in [1.54, 1.807) is 30.1 Å². The number of sulfonamides is 1. The molecule has 1 amide bonds. The van der Waals surface area contributed by atoms with Gasteiger partial charge in [0, 0.05) is 14.1 Å². The number of hydrogen-bond donors (Lipinski definition) is 0. The van der Waals surface area contributed by atoms with Crippen LogP contribution in [0.1, 0.15) is 30.0 Å². The van der Waals surface area contributed by atoms with Crippen LogP contribution in [0.4, 0.5) is 0 Å². The number of amides is 1. The maximum atomic E-state index is 12.8. The van der Waals surface area contributed by atoms with Crippen molar-refractivity contribution >= 4 is 15.9 Å². The van der Waals surface area contributed by atoms with Crippen LogP contribution in [-0.2, 0) is 21.2 Å². The molecule has 1 aliphatic carbocycles. The van der Waals surface area contributed by atoms with Gasteiger partial charge in [-0.2, -0.15) is 4.31 Å². The van der Waals surface area contributed by atoms with Crippen LogP contribution < -0.4 is 0 Å². The fraction of sp³-hybridized carbons (Fsp3) is 0.350. The van der Waals surface area contributed by atoms with Gasteiger partial charge < -0.3 is 4.90 Å². The Hall–Kier alpha value is -2.18. The van der Waals surface area contributed by atoms with Gasteiger partial charge in [-0.05, 0) is 42.5 Å². The molecule has 0 saturated carbocycles. The summed E-state index contributed by atoms with van der Waals surface area (Å²) < 4.78 is 26.4. The first-order valence-corrected chi connectivity index (χ1v) is 10.2. The Kier molecular flexibility index (Phi) is 5.44. The van der Waals surface area contributed by atoms with Gasteiger partial charge in [0.15, 0.2) is 0 Å². The lowest BCUT2D eigenvalue weighted by molar-refractivity contribution is -0.132. The Morgan fingerprint density at radius 3 is 2.42 bits per heavy atom. The molecule has 1 atom stereocenters. The number of hydrogen-bond acceptors (Lipinski definition) is 3. The number of rotatable bonds is 5. The van der Waals surface area contributed by atoms with Crippen molar-refractivity contribution in [3.8, 4) is 0 Å². The van der Waals surface area contributed by atoms with Gasteiger partial charge in [-0.1, -0.05) is 42.5 Å². The first-order chi connectivity index (χ1) is 12.4. The lowest BCUT2D eigenvalue weighted by Gasteiger charge is -2.34. The molecule has 6 heteroatoms. The van der Waals surface area contributed by atoms with E-state index in [4.69, 9.17) is 0 Å². The lowest BCUT2D eigenvalue weighted by atomic mass is 9.87. The number of carbonyl (C=O) groups is 1. The summed E-state index contributed by atoms with van der Waals surface area (Å²) in [6.07, 6.45) is 2.95. The van der Waals surface area contributed by atoms with Crippen molar-refractivity contribution in [2.45, 2.75) is 30.2 Å². The zero-order valence-electron chi connectivity index (χ0n) is 15.1. The van der Waals surface area contributed by atoms with Crippen LogP contribution in [0, 0.1) is 0 Å². The largest absolute Gasteiger partial charge is 0.338 e. The Morgan fingerprint density at radius 2 is 1.69 bits per heavy atom. The third-order valence-corrected chi connectivity index (χ3v) is 6.83. The van der Waals surface area contributed by atoms with E-state index < -0.39 is 10.0 Å². The number of benzene rings is 2. The molecule has 1 aliphatic rings. The van der Waals surface area contributed by atoms with E-state index in [-0.39, 0.29) is 23.4 Å². The SMILES string of the molecule is CN(C(=O)CN(C)S(=O)(=O)c1ccccc1)[C@H]1CCCc2ccccc21. The summed E-state index contributed by atoms with van der Waals surface area (Å²) in [5.41, 5.74) is 2.44. The summed E-state index contributed by atoms with van der Waals surface area (Å²) >= 11 is 0. The van der Waals surface area contributed by atoms with Crippen LogP contribution in [0.15, 0.2) is 59.5 Å². The van der Waals surface area contributed by atoms with Gasteiger partial charge in [0.2, 0.25) is 15.9 Å². The van der Waals surface area contributed by atoms with E-state index in [9.17, 15) is 13.2 Å². The monoisotopic (exact) mass is 372 g/mol. The fourth-order valence-electron chi connectivity index (χ4n) is 3.46. The standard InChI is InChI=1S/C20H24N2O3S/c1-21(26(24,25)17-11-4-3-5-12-17)15-20(23)22(2)19-14-8-10-16-9-6-7-13-18(16)19/h3-7,9,11-13,19H,8,10,14-15H2,1-2H3/t19-/m0/s1. The first-order valence-electron chi connectivity index (χ1n) is 8.76. The molecule has 0 spiro atoms. The fourth-order valence-corrected chi connectivity index (χ4v) is 4.61. The van der Waals surface area contributed by atoms with Gasteiger partial charge in [-0.25, -0.2) is 8.42 Å². The van der Waals surface area contributed by atoms with Crippen LogP contribution in [-0.4, -0.2) is 44.2 Å². The van der Waals surface area contributed by atoms with Gasteiger partial charge in [0.1, 0.15) is 0 Å². The van der Waals surface area contributed by atoms with Gasteiger partial charge in [-0.3, -0.25) is 4.79 Å². The van der Waals surface area contributed by atoms with Gasteiger partial charge in [0.05, 0.1) is 17.5 Å². The second-order valence-corrected chi connectivity index (χ2v) is 8.73. The summed E-state index contributed by atoms with van der Waals surface area (Å²) in [7, 11) is -0.464. The Labute approximate surface area is 155 Å². The molecule has 0 heterocycles. The molecule has 0 aromatic heterocycles. The van der Waals surface area contributed by atoms with E-state index in [2.05, 4.69) is 12.1 Å². The van der Waals surface area contributed by atoms with Crippen molar-refractivity contribution in [2.75, 3.05) is 20.6 Å². The van der Waals surface area contributed by atoms with Crippen molar-refractivity contribution in [1.29, 1.82) is 0 Å². The van der Waals surface area contributed by atoms with Crippen molar-refractivity contribution in [3.05, 3.63) is 65.7 Å². The topological polar surface area (TPSA) is 57.7 Å². The van der Waals surface area contributed by atoms with Crippen LogP contribution in [0.2, 0.25) is 0 Å². The molecule has 0 saturated heterocycles. The molecule has 138 valence electrons. The Bertz CT molecular complexity index is 881. The average molecular weight is 372 g/mol. The van der Waals surface area contributed by atoms with Crippen molar-refractivity contribution in [1.82, 2.24) is 9.21 Å². The predicted molar refractivity (Wildman–Crippen MR) is 101 cm³/mol. The van der Waals surface area contributed by atoms with E-state index in [1.165, 1.54) is 30.3 Å². The molecule has 0 fully saturated rings. The molecule has 26 heavy (non-hydrogen) atoms. The van der Waals surface area contributed by atoms with Crippen molar-refractivity contribution in [3.63, 3.8) is 0 Å². The zero-order valence-corrected chi connectivity index (χ0v) is 15.9. The Morgan fingerprint density at radius 1 is 1.04 bits per heavy atom. The average Bonchev–Trinajstić information content (AvgIpc) is 2.67. The molecule has 2 aromatic rings. The van der Waals surface area contributed by atoms with Crippen LogP contribution in [0.5, 0.6) is 0 Å². The number of fused-ring (bicyclic) bond motifs is 1. The summed E-state index contributed by atoms with van der Waals surface area (Å²) in [6, 6.07) is 16.4. The van der Waals surface area contributed by atoms with E-state index in [1.807, 2.05) is 12.1 Å². The highest BCUT2D eigenvalue weighted by Gasteiger charge is 2.29. The predicted octanol–water partition coefficient (Wildman–Crippen LogP) is 2.84. The number of carbonyl (C=O) groups excluding carboxylic acids is 1. The molecule has 0 unspecified atom stereocenters. The number of nitrogens with zero attached hydrogens (tertiary/aromatic N) is 2. The highest BCUT2D eigenvalue weighted by atomic mass is 32.2. The number of aryl methyl sites for hydroxylation is 1. The highest BCUT2D eigenvalue weighted by Crippen LogP contribution is 2.33. The normalized spacial score (nSPS) is 17.0. The molecule has 2 aromatic carbocycles. The first kappa shape index (κ1) is 18.6. The summed E-state index contributed by atoms with van der Waals surface area (Å²) in [5.74, 6) is -0.200. The van der Waals surface area contributed by atoms with E-state index in [0.717, 1.165) is 23.6 Å². The molecule has 0 bridgehead atoms. The summed E-state index contributed by atoms with van der Waals surface area (Å²) in [6.45, 7) is -0.174. The molecule has 5 nitrogen and oxygen atoms in total. The summed E-state index contributed by atoms with van der Waals surface area (Å²) in [4.78, 5) is 14.6. The minimum absolute atomic E-state index is 0.000259. The third kappa shape index (κ3) is 3.66. The zero-order chi connectivity index (χ0) is 18.7. The van der Waals surface area contributed by atoms with Crippen molar-refractivity contribution < 1.29 is 13.2 Å². The van der Waals surface area contributed by atoms with Crippen LogP contribution in [0.25, 0.3) is 0 Å². The third-order valence-electron chi connectivity index (χ3n) is 5.01. The van der Waals surface area contributed by atoms with Crippen LogP contribution >= 0.6 is 0 Å². The second-order valence-electron chi connectivity index (χ2n) is 6.69. The quantitative estimate of drug-likeness (QED) is 0.811. The minimum atomic E-state index is -3.67.